The van der Waals surface area contributed by atoms with Crippen LogP contribution in [-0.2, 0) is 4.79 Å². The summed E-state index contributed by atoms with van der Waals surface area (Å²) in [5.74, 6) is 0.709. The number of allylic oxidation sites excluding steroid dienone is 2. The molecular weight excluding hydrogens is 160 g/mol. The lowest BCUT2D eigenvalue weighted by molar-refractivity contribution is -0.112. The first-order chi connectivity index (χ1) is 6.16. The van der Waals surface area contributed by atoms with Crippen molar-refractivity contribution in [2.24, 2.45) is 5.92 Å². The van der Waals surface area contributed by atoms with Crippen LogP contribution < -0.4 is 0 Å². The molecule has 13 heavy (non-hydrogen) atoms. The second-order valence-electron chi connectivity index (χ2n) is 3.80. The summed E-state index contributed by atoms with van der Waals surface area (Å²) >= 11 is 0. The molecule has 0 rings (SSSR count). The summed E-state index contributed by atoms with van der Waals surface area (Å²) in [5.41, 5.74) is 0. The van der Waals surface area contributed by atoms with Gasteiger partial charge >= 0.3 is 0 Å². The summed E-state index contributed by atoms with van der Waals surface area (Å²) in [5, 5.41) is 0. The number of ketones is 1. The first kappa shape index (κ1) is 12.4. The largest absolute Gasteiger partial charge is 0.295 e. The van der Waals surface area contributed by atoms with E-state index in [1.54, 1.807) is 13.0 Å². The van der Waals surface area contributed by atoms with E-state index in [1.165, 1.54) is 32.1 Å². The number of rotatable bonds is 7. The molecule has 0 spiro atoms. The molecule has 0 bridgehead atoms. The molecule has 0 heterocycles. The van der Waals surface area contributed by atoms with Gasteiger partial charge in [0.2, 0.25) is 0 Å². The lowest BCUT2D eigenvalue weighted by Crippen LogP contribution is -1.91. The smallest absolute Gasteiger partial charge is 0.152 e. The van der Waals surface area contributed by atoms with Crippen molar-refractivity contribution in [2.45, 2.75) is 52.9 Å². The van der Waals surface area contributed by atoms with E-state index < -0.39 is 0 Å². The van der Waals surface area contributed by atoms with Crippen LogP contribution >= 0.6 is 0 Å². The monoisotopic (exact) mass is 182 g/mol. The van der Waals surface area contributed by atoms with Crippen LogP contribution in [0.15, 0.2) is 12.2 Å². The summed E-state index contributed by atoms with van der Waals surface area (Å²) in [6.07, 6.45) is 10.2. The Morgan fingerprint density at radius 3 is 2.54 bits per heavy atom. The highest BCUT2D eigenvalue weighted by Crippen LogP contribution is 2.11. The van der Waals surface area contributed by atoms with Crippen molar-refractivity contribution in [1.29, 1.82) is 0 Å². The third-order valence-electron chi connectivity index (χ3n) is 2.17. The molecule has 0 radical (unpaired) electrons. The van der Waals surface area contributed by atoms with Crippen molar-refractivity contribution in [1.82, 2.24) is 0 Å². The van der Waals surface area contributed by atoms with Gasteiger partial charge in [-0.05, 0) is 25.3 Å². The highest BCUT2D eigenvalue weighted by Gasteiger charge is 1.96. The maximum Gasteiger partial charge on any atom is 0.152 e. The van der Waals surface area contributed by atoms with Gasteiger partial charge in [-0.1, -0.05) is 45.6 Å². The fraction of sp³-hybridized carbons (Fsp3) is 0.750. The molecule has 0 aromatic heterocycles. The molecule has 0 aliphatic carbocycles. The number of carbonyl (C=O) groups is 1. The molecule has 0 N–H and O–H groups in total. The minimum atomic E-state index is 0.153. The van der Waals surface area contributed by atoms with Crippen molar-refractivity contribution in [3.8, 4) is 0 Å². The lowest BCUT2D eigenvalue weighted by Gasteiger charge is -2.04. The van der Waals surface area contributed by atoms with E-state index in [2.05, 4.69) is 13.8 Å². The number of carbonyl (C=O) groups excluding carboxylic acids is 1. The predicted octanol–water partition coefficient (Wildman–Crippen LogP) is 3.74. The van der Waals surface area contributed by atoms with E-state index in [0.717, 1.165) is 0 Å². The van der Waals surface area contributed by atoms with Gasteiger partial charge in [-0.3, -0.25) is 4.79 Å². The van der Waals surface area contributed by atoms with E-state index in [-0.39, 0.29) is 5.78 Å². The maximum absolute atomic E-state index is 10.6. The first-order valence-corrected chi connectivity index (χ1v) is 5.35. The Kier molecular flexibility index (Phi) is 7.66. The standard InChI is InChI=1S/C12H22O/c1-4-5-6-7-8-11(2)9-10-12(3)13/h9-11H,4-8H2,1-3H3. The Morgan fingerprint density at radius 1 is 1.31 bits per heavy atom. The van der Waals surface area contributed by atoms with Gasteiger partial charge < -0.3 is 0 Å². The van der Waals surface area contributed by atoms with Crippen LogP contribution in [0.2, 0.25) is 0 Å². The number of unbranched alkanes of at least 4 members (excludes halogenated alkanes) is 3. The summed E-state index contributed by atoms with van der Waals surface area (Å²) in [6, 6.07) is 0. The summed E-state index contributed by atoms with van der Waals surface area (Å²) < 4.78 is 0. The highest BCUT2D eigenvalue weighted by molar-refractivity contribution is 5.87. The second-order valence-corrected chi connectivity index (χ2v) is 3.80. The van der Waals surface area contributed by atoms with E-state index in [9.17, 15) is 4.79 Å². The zero-order valence-corrected chi connectivity index (χ0v) is 9.18. The minimum Gasteiger partial charge on any atom is -0.295 e. The molecular formula is C12H22O. The van der Waals surface area contributed by atoms with Crippen LogP contribution in [0.5, 0.6) is 0 Å². The normalized spacial score (nSPS) is 13.5. The van der Waals surface area contributed by atoms with Gasteiger partial charge in [-0.25, -0.2) is 0 Å². The molecule has 1 atom stereocenters. The fourth-order valence-electron chi connectivity index (χ4n) is 1.29. The van der Waals surface area contributed by atoms with Crippen molar-refractivity contribution in [3.05, 3.63) is 12.2 Å². The molecule has 1 heteroatoms. The van der Waals surface area contributed by atoms with Gasteiger partial charge in [-0.2, -0.15) is 0 Å². The van der Waals surface area contributed by atoms with Crippen molar-refractivity contribution in [2.75, 3.05) is 0 Å². The molecule has 76 valence electrons. The van der Waals surface area contributed by atoms with Crippen LogP contribution in [0.4, 0.5) is 0 Å². The second kappa shape index (κ2) is 8.03. The van der Waals surface area contributed by atoms with Crippen LogP contribution in [-0.4, -0.2) is 5.78 Å². The Balaban J connectivity index is 3.40. The van der Waals surface area contributed by atoms with Gasteiger partial charge in [0.15, 0.2) is 5.78 Å². The van der Waals surface area contributed by atoms with Crippen LogP contribution in [0.3, 0.4) is 0 Å². The Bertz CT molecular complexity index is 159. The minimum absolute atomic E-state index is 0.153. The molecule has 0 fully saturated rings. The molecule has 0 saturated heterocycles. The van der Waals surface area contributed by atoms with Crippen molar-refractivity contribution >= 4 is 5.78 Å². The first-order valence-electron chi connectivity index (χ1n) is 5.35. The van der Waals surface area contributed by atoms with Crippen LogP contribution in [0.1, 0.15) is 52.9 Å². The summed E-state index contributed by atoms with van der Waals surface area (Å²) in [4.78, 5) is 10.6. The van der Waals surface area contributed by atoms with Gasteiger partial charge in [0.05, 0.1) is 0 Å². The van der Waals surface area contributed by atoms with Gasteiger partial charge in [0.25, 0.3) is 0 Å². The van der Waals surface area contributed by atoms with Crippen molar-refractivity contribution in [3.63, 3.8) is 0 Å². The average Bonchev–Trinajstić information content (AvgIpc) is 2.09. The SMILES string of the molecule is CCCCCCC(C)C=CC(C)=O. The number of hydrogen-bond donors (Lipinski definition) is 0. The quantitative estimate of drug-likeness (QED) is 0.433. The molecule has 0 aliphatic rings. The zero-order valence-electron chi connectivity index (χ0n) is 9.18. The number of hydrogen-bond acceptors (Lipinski definition) is 1. The Hall–Kier alpha value is -0.590. The molecule has 1 nitrogen and oxygen atoms in total. The Labute approximate surface area is 82.2 Å². The Morgan fingerprint density at radius 2 is 2.00 bits per heavy atom. The predicted molar refractivity (Wildman–Crippen MR) is 57.7 cm³/mol. The van der Waals surface area contributed by atoms with Crippen LogP contribution in [0, 0.1) is 5.92 Å². The lowest BCUT2D eigenvalue weighted by atomic mass is 10.0. The fourth-order valence-corrected chi connectivity index (χ4v) is 1.29. The van der Waals surface area contributed by atoms with Gasteiger partial charge in [0, 0.05) is 0 Å². The molecule has 0 aliphatic heterocycles. The maximum atomic E-state index is 10.6. The van der Waals surface area contributed by atoms with Crippen molar-refractivity contribution < 1.29 is 4.79 Å². The van der Waals surface area contributed by atoms with E-state index in [0.29, 0.717) is 5.92 Å². The average molecular weight is 182 g/mol. The highest BCUT2D eigenvalue weighted by atomic mass is 16.1. The molecule has 0 amide bonds. The van der Waals surface area contributed by atoms with E-state index in [4.69, 9.17) is 0 Å². The van der Waals surface area contributed by atoms with E-state index in [1.807, 2.05) is 6.08 Å². The van der Waals surface area contributed by atoms with Crippen LogP contribution in [0.25, 0.3) is 0 Å². The molecule has 1 unspecified atom stereocenters. The summed E-state index contributed by atoms with van der Waals surface area (Å²) in [7, 11) is 0. The van der Waals surface area contributed by atoms with Gasteiger partial charge in [-0.15, -0.1) is 0 Å². The third kappa shape index (κ3) is 9.32. The van der Waals surface area contributed by atoms with Gasteiger partial charge in [0.1, 0.15) is 0 Å². The summed E-state index contributed by atoms with van der Waals surface area (Å²) in [6.45, 7) is 5.99. The molecule has 0 saturated carbocycles. The zero-order chi connectivity index (χ0) is 10.1. The molecule has 0 aromatic carbocycles. The topological polar surface area (TPSA) is 17.1 Å². The third-order valence-corrected chi connectivity index (χ3v) is 2.17. The molecule has 0 aromatic rings. The van der Waals surface area contributed by atoms with E-state index >= 15 is 0 Å².